The zero-order chi connectivity index (χ0) is 34.7. The highest BCUT2D eigenvalue weighted by molar-refractivity contribution is 8.19. The zero-order valence-electron chi connectivity index (χ0n) is 25.2. The lowest BCUT2D eigenvalue weighted by Gasteiger charge is -2.43. The van der Waals surface area contributed by atoms with E-state index in [1.807, 2.05) is 0 Å². The molecule has 0 aliphatic heterocycles. The van der Waals surface area contributed by atoms with Crippen molar-refractivity contribution in [1.82, 2.24) is 0 Å². The summed E-state index contributed by atoms with van der Waals surface area (Å²) in [4.78, 5) is 0. The maximum Gasteiger partial charge on any atom is 0.266 e. The van der Waals surface area contributed by atoms with E-state index in [1.165, 1.54) is 0 Å². The molecule has 0 bridgehead atoms. The predicted molar refractivity (Wildman–Crippen MR) is 219 cm³/mol. The Labute approximate surface area is 280 Å². The molecule has 0 aromatic heterocycles. The highest BCUT2D eigenvalue weighted by atomic mass is 13.6. The fourth-order valence-corrected chi connectivity index (χ4v) is 6.30. The van der Waals surface area contributed by atoms with Crippen molar-refractivity contribution >= 4 is 91.1 Å². The van der Waals surface area contributed by atoms with E-state index in [0.717, 1.165) is 0 Å². The van der Waals surface area contributed by atoms with Crippen molar-refractivity contribution in [2.45, 2.75) is 6.82 Å². The maximum atomic E-state index is 6.03. The van der Waals surface area contributed by atoms with Crippen LogP contribution in [-0.4, -0.2) is 91.1 Å². The van der Waals surface area contributed by atoms with Crippen LogP contribution < -0.4 is 0 Å². The van der Waals surface area contributed by atoms with Crippen molar-refractivity contribution < 1.29 is 0 Å². The number of hydrogen-bond acceptors (Lipinski definition) is 0. The smallest absolute Gasteiger partial charge is 0.170 e. The average Bonchev–Trinajstić information content (AvgIpc) is 3.07. The van der Waals surface area contributed by atoms with E-state index >= 15 is 0 Å². The Kier molecular flexibility index (Phi) is 17.7. The molecule has 0 saturated heterocycles. The Balaban J connectivity index is 9.31. The van der Waals surface area contributed by atoms with Crippen molar-refractivity contribution in [2.24, 2.45) is 0 Å². The summed E-state index contributed by atoms with van der Waals surface area (Å²) in [6.07, 6.45) is 84.6. The van der Waals surface area contributed by atoms with Gasteiger partial charge in [-0.1, -0.05) is 6.82 Å². The van der Waals surface area contributed by atoms with Crippen LogP contribution in [0.5, 0.6) is 0 Å². The summed E-state index contributed by atoms with van der Waals surface area (Å²) in [7, 11) is 0. The van der Waals surface area contributed by atoms with Gasteiger partial charge < -0.3 is 0 Å². The Morgan fingerprint density at radius 2 is 0.378 bits per heavy atom. The van der Waals surface area contributed by atoms with Crippen LogP contribution in [0.3, 0.4) is 0 Å². The number of rotatable bonds is 13. The van der Waals surface area contributed by atoms with Gasteiger partial charge in [-0.3, -0.25) is 0 Å². The molecule has 14 heteroatoms. The Morgan fingerprint density at radius 3 is 0.533 bits per heavy atom. The van der Waals surface area contributed by atoms with Crippen molar-refractivity contribution in [2.75, 3.05) is 0 Å². The number of hydrogen-bond donors (Lipinski definition) is 0. The molecule has 0 radical (unpaired) electrons. The van der Waals surface area contributed by atoms with Crippen LogP contribution in [0.25, 0.3) is 0 Å². The summed E-state index contributed by atoms with van der Waals surface area (Å²) in [6, 6.07) is 0. The van der Waals surface area contributed by atoms with Crippen LogP contribution >= 0.6 is 0 Å². The van der Waals surface area contributed by atoms with Gasteiger partial charge in [0.1, 0.15) is 19.2 Å². The third-order valence-electron chi connectivity index (χ3n) is 8.27. The predicted octanol–water partition coefficient (Wildman–Crippen LogP) is -2.85. The minimum atomic E-state index is -1.02. The summed E-state index contributed by atoms with van der Waals surface area (Å²) in [5.41, 5.74) is 0. The summed E-state index contributed by atoms with van der Waals surface area (Å²) >= 11 is 0. The average molecular weight is 542 g/mol. The molecule has 0 aromatic rings. The highest BCUT2D eigenvalue weighted by Crippen LogP contribution is 2.20. The van der Waals surface area contributed by atoms with Gasteiger partial charge in [0.15, 0.2) is 6.60 Å². The summed E-state index contributed by atoms with van der Waals surface area (Å²) < 4.78 is 0. The highest BCUT2D eigenvalue weighted by Gasteiger charge is 2.63. The summed E-state index contributed by atoms with van der Waals surface area (Å²) in [6.45, 7) is -5.93. The molecule has 0 aliphatic carbocycles. The van der Waals surface area contributed by atoms with Gasteiger partial charge in [-0.15, -0.1) is 96.4 Å². The molecule has 0 aliphatic rings. The van der Waals surface area contributed by atoms with E-state index in [1.54, 1.807) is 6.82 Å². The topological polar surface area (TPSA) is 0 Å². The molecule has 0 N–H and O–H groups in total. The third-order valence-corrected chi connectivity index (χ3v) is 8.27. The fourth-order valence-electron chi connectivity index (χ4n) is 6.30. The normalized spacial score (nSPS) is 7.33. The molecule has 0 unspecified atom stereocenters. The molecule has 0 amide bonds. The molecule has 0 aromatic carbocycles. The van der Waals surface area contributed by atoms with E-state index in [4.69, 9.17) is 96.4 Å². The first-order valence-electron chi connectivity index (χ1n) is 13.6. The molecule has 0 atom stereocenters. The maximum absolute atomic E-state index is 6.03. The van der Waals surface area contributed by atoms with Crippen LogP contribution in [0.1, 0.15) is 0 Å². The zero-order valence-corrected chi connectivity index (χ0v) is 25.2. The summed E-state index contributed by atoms with van der Waals surface area (Å²) in [5, 5.41) is 0. The van der Waals surface area contributed by atoms with E-state index in [2.05, 4.69) is 87.3 Å². The lowest BCUT2D eigenvalue weighted by molar-refractivity contribution is 2.27. The van der Waals surface area contributed by atoms with E-state index in [-0.39, 0.29) is 0 Å². The van der Waals surface area contributed by atoms with Crippen LogP contribution in [0.15, 0.2) is 0 Å². The molecular weight excluding hydrogens is 524 g/mol. The van der Waals surface area contributed by atoms with Crippen LogP contribution in [0.2, 0.25) is 6.82 Å². The fraction of sp³-hybridized carbons (Fsp3) is 0.0323. The third kappa shape index (κ3) is 8.67. The van der Waals surface area contributed by atoms with Gasteiger partial charge in [0, 0.05) is 12.8 Å². The first-order chi connectivity index (χ1) is 21.6. The van der Waals surface area contributed by atoms with Crippen molar-refractivity contribution in [1.29, 1.82) is 0 Å². The standard InChI is InChI=1S/C31H18B14/c1-17-32(16)40(33(18-2)19-3)44(41(34(20-4)21-5)35(22-6)23-7)45(42(36(24-8)25-9)37(26-10)27-11)43(38(28-12)29-13)39(30-14)31-15/h1-15H,16H3. The van der Waals surface area contributed by atoms with Gasteiger partial charge in [-0.25, -0.2) is 0 Å². The molecule has 0 fully saturated rings. The van der Waals surface area contributed by atoms with Gasteiger partial charge in [-0.05, 0) is 0 Å². The van der Waals surface area contributed by atoms with Gasteiger partial charge in [0.05, 0.1) is 6.39 Å². The minimum absolute atomic E-state index is 0.652. The van der Waals surface area contributed by atoms with Gasteiger partial charge in [-0.2, -0.15) is 87.3 Å². The van der Waals surface area contributed by atoms with Crippen LogP contribution in [0.4, 0.5) is 0 Å². The Bertz CT molecular complexity index is 1500. The molecule has 0 saturated carbocycles. The van der Waals surface area contributed by atoms with Crippen molar-refractivity contribution in [3.63, 3.8) is 0 Å². The lowest BCUT2D eigenvalue weighted by Crippen LogP contribution is -2.86. The largest absolute Gasteiger partial charge is 0.266 e. The lowest BCUT2D eigenvalue weighted by atomic mass is 8.37. The van der Waals surface area contributed by atoms with E-state index < -0.39 is 91.1 Å². The molecule has 45 heavy (non-hydrogen) atoms. The van der Waals surface area contributed by atoms with Crippen LogP contribution in [0, 0.1) is 184 Å². The van der Waals surface area contributed by atoms with Crippen molar-refractivity contribution in [3.8, 4) is 184 Å². The van der Waals surface area contributed by atoms with Crippen LogP contribution in [-0.2, 0) is 0 Å². The molecule has 0 spiro atoms. The first kappa shape index (κ1) is 39.3. The first-order valence-corrected chi connectivity index (χ1v) is 13.6. The summed E-state index contributed by atoms with van der Waals surface area (Å²) in [5.74, 6) is 39.5. The Morgan fingerprint density at radius 1 is 0.222 bits per heavy atom. The van der Waals surface area contributed by atoms with E-state index in [0.29, 0.717) is 0 Å². The molecule has 0 heterocycles. The van der Waals surface area contributed by atoms with Gasteiger partial charge in [0.25, 0.3) is 46.2 Å². The quantitative estimate of drug-likeness (QED) is 0.174. The SMILES string of the molecule is C#CB(C)B(B(C#C)C#C)B(B(B(C#C)C#C)B(C#C)C#C)B(B(B(C#C)C#C)B(C#C)C#C)B(B(C#C)C#C)B(C#C)C#C. The molecule has 0 nitrogen and oxygen atoms in total. The second-order valence-corrected chi connectivity index (χ2v) is 10.1. The van der Waals surface area contributed by atoms with Gasteiger partial charge >= 0.3 is 0 Å². The Hall–Kier alpha value is -5.69. The monoisotopic (exact) mass is 544 g/mol. The van der Waals surface area contributed by atoms with Crippen molar-refractivity contribution in [3.05, 3.63) is 0 Å². The second-order valence-electron chi connectivity index (χ2n) is 10.1. The minimum Gasteiger partial charge on any atom is -0.170 e. The van der Waals surface area contributed by atoms with Gasteiger partial charge in [0.2, 0.25) is 0 Å². The molecule has 0 rings (SSSR count). The molecular formula is C31H18B14. The van der Waals surface area contributed by atoms with E-state index in [9.17, 15) is 0 Å². The molecule has 184 valence electrons. The number of terminal acetylenes is 15. The second kappa shape index (κ2) is 20.3.